The molecule has 0 bridgehead atoms. The van der Waals surface area contributed by atoms with Gasteiger partial charge >= 0.3 is 59.1 Å². The van der Waals surface area contributed by atoms with Crippen LogP contribution in [0.4, 0.5) is 0 Å². The number of aliphatic imine (C=N–C) groups is 1. The van der Waals surface area contributed by atoms with Crippen LogP contribution in [0, 0.1) is 56.7 Å². The van der Waals surface area contributed by atoms with E-state index in [1.54, 1.807) is 0 Å². The van der Waals surface area contributed by atoms with Gasteiger partial charge in [-0.15, -0.1) is 4.40 Å². The van der Waals surface area contributed by atoms with Crippen molar-refractivity contribution in [2.45, 2.75) is 180 Å². The number of ketones is 1. The van der Waals surface area contributed by atoms with Crippen molar-refractivity contribution in [1.82, 2.24) is 0 Å². The Morgan fingerprint density at radius 2 is 1.09 bits per heavy atom. The third kappa shape index (κ3) is 29.7. The first-order valence-corrected chi connectivity index (χ1v) is 29.8. The molecule has 0 atom stereocenters. The van der Waals surface area contributed by atoms with Crippen LogP contribution < -0.4 is 81.5 Å². The van der Waals surface area contributed by atoms with E-state index in [1.807, 2.05) is 36.4 Å². The normalized spacial score (nSPS) is 17.6. The number of nitriles is 5. The van der Waals surface area contributed by atoms with Gasteiger partial charge in [0.25, 0.3) is 10.0 Å². The molecule has 10 N–H and O–H groups in total. The summed E-state index contributed by atoms with van der Waals surface area (Å²) in [6.07, 6.45) is 26.5. The number of Topliss-reactive ketones (excluding diaryl/α,β-unsaturated/α-hetero) is 1. The van der Waals surface area contributed by atoms with Crippen LogP contribution in [-0.2, 0) is 20.0 Å². The Hall–Kier alpha value is -4.96. The number of carbonyl (C=O) groups is 1. The monoisotopic (exact) mass is 1150 g/mol. The number of sulfonamides is 2. The molecule has 0 fully saturated rings. The van der Waals surface area contributed by atoms with Crippen molar-refractivity contribution in [1.29, 1.82) is 26.3 Å². The molecule has 0 unspecified atom stereocenters. The van der Waals surface area contributed by atoms with Gasteiger partial charge in [-0.3, -0.25) is 4.79 Å². The molecule has 0 saturated carbocycles. The summed E-state index contributed by atoms with van der Waals surface area (Å²) in [6.45, 7) is 7.87. The van der Waals surface area contributed by atoms with Crippen molar-refractivity contribution >= 4 is 37.5 Å². The van der Waals surface area contributed by atoms with E-state index >= 15 is 0 Å². The first kappa shape index (κ1) is 77.1. The molecule has 2 aliphatic heterocycles. The summed E-state index contributed by atoms with van der Waals surface area (Å²) in [5, 5.41) is 47.4. The topological polar surface area (TPSA) is 393 Å². The number of hydrogen-bond acceptors (Lipinski definition) is 16. The average Bonchev–Trinajstić information content (AvgIpc) is 3.39. The summed E-state index contributed by atoms with van der Waals surface area (Å²) in [5.41, 5.74) is 29.3. The Labute approximate surface area is 520 Å². The fraction of sp³-hybridized carbons (Fsp3) is 0.517. The summed E-state index contributed by atoms with van der Waals surface area (Å²) in [5.74, 6) is 0.978. The average molecular weight is 1150 g/mol. The number of primary sulfonamides is 1. The van der Waals surface area contributed by atoms with E-state index in [9.17, 15) is 21.6 Å². The summed E-state index contributed by atoms with van der Waals surface area (Å²) < 4.78 is 47.5. The Morgan fingerprint density at radius 1 is 0.625 bits per heavy atom. The third-order valence-electron chi connectivity index (χ3n) is 13.6. The Balaban J connectivity index is 0. The number of nitrogens with two attached hydrogens (primary N) is 4. The SMILES string of the molecule is C=C(CC(=O)c1ccccc1)CC1=C(C#N)CCCC1.C=C1CC2=C(CCCC2)C(N)=N1.N#CC1=C(CS(N)(=O)=O)CCCC1.N#CC1=C(N)CCCC1.N#CCCCCCC#N.NC1=NS(=O)(=O)CC2=C1CCCC2.[Na+].[Na+].[OH-].[OH-]. The largest absolute Gasteiger partial charge is 1.00 e. The van der Waals surface area contributed by atoms with Gasteiger partial charge in [-0.1, -0.05) is 66.6 Å². The molecule has 5 aliphatic carbocycles. The number of nitrogens with zero attached hydrogens (tertiary/aromatic N) is 7. The standard InChI is InChI=1S/C18H19NO.C10H14N2.2C8H12N2O2S.2C7H10N2.2Na.2H2O/c1-14(11-16-9-5-6-10-17(16)13-19)12-18(20)15-7-3-2-4-8-15;1-7-6-8-4-2-3-5-9(8)10(11)12-7;9-8-7-4-2-1-3-6(7)5-13(11,12)10-8;9-5-7-3-1-2-4-8(7)6-13(10,11)12;8-5-6-3-1-2-4-7(6)9;8-6-4-2-1-3-5-7-9;;;;/h2-4,7-8H,1,5-6,9-12H2;1-6H2,(H2,11,12);1-5H2,(H2,9,10);1-4,6H2,(H2,10,11,12);1-4,9H2;1-5H2;;;2*1H2/q;;;;;;2*+1;;/p-2. The molecule has 0 saturated heterocycles. The fourth-order valence-electron chi connectivity index (χ4n) is 9.65. The first-order chi connectivity index (χ1) is 36.3. The molecular formula is C58H79N11Na2O7S2. The number of rotatable bonds is 11. The van der Waals surface area contributed by atoms with Crippen LogP contribution >= 0.6 is 0 Å². The maximum absolute atomic E-state index is 12.1. The zero-order valence-corrected chi connectivity index (χ0v) is 52.8. The van der Waals surface area contributed by atoms with E-state index in [0.29, 0.717) is 49.7 Å². The van der Waals surface area contributed by atoms with Crippen LogP contribution in [0.2, 0.25) is 0 Å². The molecule has 22 heteroatoms. The van der Waals surface area contributed by atoms with Crippen LogP contribution in [0.15, 0.2) is 120 Å². The molecule has 18 nitrogen and oxygen atoms in total. The number of unbranched alkanes of at least 4 members (excludes halogenated alkanes) is 4. The predicted octanol–water partition coefficient (Wildman–Crippen LogP) is 4.89. The number of dihydropyridines is 1. The molecule has 422 valence electrons. The van der Waals surface area contributed by atoms with E-state index < -0.39 is 20.0 Å². The molecular weight excluding hydrogens is 1070 g/mol. The minimum atomic E-state index is -3.48. The second kappa shape index (κ2) is 41.9. The van der Waals surface area contributed by atoms with E-state index in [0.717, 1.165) is 173 Å². The van der Waals surface area contributed by atoms with E-state index in [-0.39, 0.29) is 93.2 Å². The van der Waals surface area contributed by atoms with Crippen molar-refractivity contribution in [3.63, 3.8) is 0 Å². The van der Waals surface area contributed by atoms with Gasteiger partial charge in [-0.05, 0) is 170 Å². The van der Waals surface area contributed by atoms with Crippen molar-refractivity contribution in [3.05, 3.63) is 116 Å². The summed E-state index contributed by atoms with van der Waals surface area (Å²) >= 11 is 0. The van der Waals surface area contributed by atoms with Crippen molar-refractivity contribution in [3.8, 4) is 30.3 Å². The molecule has 0 aromatic heterocycles. The maximum atomic E-state index is 12.1. The van der Waals surface area contributed by atoms with E-state index in [2.05, 4.69) is 46.8 Å². The predicted molar refractivity (Wildman–Crippen MR) is 305 cm³/mol. The van der Waals surface area contributed by atoms with Gasteiger partial charge in [0.2, 0.25) is 10.0 Å². The van der Waals surface area contributed by atoms with Gasteiger partial charge in [0, 0.05) is 59.4 Å². The van der Waals surface area contributed by atoms with E-state index in [4.69, 9.17) is 48.6 Å². The fourth-order valence-corrected chi connectivity index (χ4v) is 11.7. The van der Waals surface area contributed by atoms with Crippen LogP contribution in [0.5, 0.6) is 0 Å². The van der Waals surface area contributed by atoms with Crippen LogP contribution in [-0.4, -0.2) is 56.7 Å². The van der Waals surface area contributed by atoms with Gasteiger partial charge in [-0.2, -0.15) is 26.3 Å². The summed E-state index contributed by atoms with van der Waals surface area (Å²) in [4.78, 5) is 16.3. The molecule has 8 rings (SSSR count). The van der Waals surface area contributed by atoms with Gasteiger partial charge in [0.15, 0.2) is 5.78 Å². The number of benzene rings is 1. The molecule has 7 aliphatic rings. The number of carbonyl (C=O) groups excluding carboxylic acids is 1. The maximum Gasteiger partial charge on any atom is 1.00 e. The van der Waals surface area contributed by atoms with Gasteiger partial charge in [-0.25, -0.2) is 27.0 Å². The Morgan fingerprint density at radius 3 is 1.60 bits per heavy atom. The Kier molecular flexibility index (Phi) is 40.4. The second-order valence-corrected chi connectivity index (χ2v) is 23.0. The van der Waals surface area contributed by atoms with Crippen LogP contribution in [0.3, 0.4) is 0 Å². The molecule has 0 radical (unpaired) electrons. The zero-order valence-electron chi connectivity index (χ0n) is 47.2. The van der Waals surface area contributed by atoms with Crippen LogP contribution in [0.25, 0.3) is 0 Å². The van der Waals surface area contributed by atoms with Gasteiger partial charge in [0.1, 0.15) is 11.7 Å². The Bertz CT molecular complexity index is 2910. The molecule has 2 heterocycles. The van der Waals surface area contributed by atoms with Crippen molar-refractivity contribution < 1.29 is 91.7 Å². The number of hydrogen-bond donors (Lipinski definition) is 4. The molecule has 80 heavy (non-hydrogen) atoms. The quantitative estimate of drug-likeness (QED) is 0.0991. The summed E-state index contributed by atoms with van der Waals surface area (Å²) in [7, 11) is -6.77. The van der Waals surface area contributed by atoms with Gasteiger partial charge < -0.3 is 28.2 Å². The smallest absolute Gasteiger partial charge is 0.870 e. The summed E-state index contributed by atoms with van der Waals surface area (Å²) in [6, 6.07) is 19.9. The molecule has 0 amide bonds. The zero-order chi connectivity index (χ0) is 55.9. The van der Waals surface area contributed by atoms with Crippen molar-refractivity contribution in [2.75, 3.05) is 11.5 Å². The first-order valence-electron chi connectivity index (χ1n) is 26.5. The van der Waals surface area contributed by atoms with E-state index in [1.165, 1.54) is 36.0 Å². The third-order valence-corrected chi connectivity index (χ3v) is 15.5. The minimum absolute atomic E-state index is 0. The number of allylic oxidation sites excluding steroid dienone is 7. The molecule has 1 aromatic rings. The van der Waals surface area contributed by atoms with Gasteiger partial charge in [0.05, 0.1) is 41.9 Å². The van der Waals surface area contributed by atoms with Crippen molar-refractivity contribution in [2.24, 2.45) is 31.7 Å². The molecule has 0 spiro atoms. The minimum Gasteiger partial charge on any atom is -0.870 e. The second-order valence-electron chi connectivity index (χ2n) is 19.7. The molecule has 1 aromatic carbocycles. The number of amidine groups is 2. The van der Waals surface area contributed by atoms with Crippen LogP contribution in [0.1, 0.15) is 190 Å².